The molecular weight excluding hydrogens is 264 g/mol. The minimum absolute atomic E-state index is 0.0892. The third-order valence-electron chi connectivity index (χ3n) is 2.73. The van der Waals surface area contributed by atoms with E-state index in [9.17, 15) is 4.79 Å². The highest BCUT2D eigenvalue weighted by atomic mass is 32.1. The van der Waals surface area contributed by atoms with E-state index in [1.165, 1.54) is 11.3 Å². The monoisotopic (exact) mass is 282 g/mol. The summed E-state index contributed by atoms with van der Waals surface area (Å²) in [6.07, 6.45) is 2.53. The summed E-state index contributed by atoms with van der Waals surface area (Å²) in [6, 6.07) is 0. The Hall–Kier alpha value is -1.50. The molecule has 104 valence electrons. The van der Waals surface area contributed by atoms with Gasteiger partial charge in [0.05, 0.1) is 0 Å². The van der Waals surface area contributed by atoms with E-state index in [1.54, 1.807) is 4.52 Å². The third-order valence-corrected chi connectivity index (χ3v) is 3.69. The quantitative estimate of drug-likeness (QED) is 0.851. The molecule has 0 bridgehead atoms. The van der Waals surface area contributed by atoms with Gasteiger partial charge in [-0.25, -0.2) is 0 Å². The first-order valence-electron chi connectivity index (χ1n) is 6.31. The number of aliphatic carboxylic acids is 1. The summed E-state index contributed by atoms with van der Waals surface area (Å²) in [5.41, 5.74) is -0.0892. The molecule has 0 saturated carbocycles. The van der Waals surface area contributed by atoms with Crippen LogP contribution in [-0.4, -0.2) is 30.9 Å². The highest BCUT2D eigenvalue weighted by Crippen LogP contribution is 2.23. The Morgan fingerprint density at radius 2 is 2.05 bits per heavy atom. The van der Waals surface area contributed by atoms with Crippen LogP contribution in [0.5, 0.6) is 0 Å². The summed E-state index contributed by atoms with van der Waals surface area (Å²) in [5, 5.41) is 22.4. The molecule has 0 aliphatic rings. The lowest BCUT2D eigenvalue weighted by molar-refractivity contribution is -0.137. The zero-order valence-corrected chi connectivity index (χ0v) is 12.2. The van der Waals surface area contributed by atoms with Gasteiger partial charge in [-0.15, -0.1) is 10.2 Å². The molecule has 0 spiro atoms. The molecule has 0 aliphatic heterocycles. The van der Waals surface area contributed by atoms with Crippen molar-refractivity contribution in [1.82, 2.24) is 19.8 Å². The van der Waals surface area contributed by atoms with Crippen molar-refractivity contribution in [3.63, 3.8) is 0 Å². The van der Waals surface area contributed by atoms with Crippen LogP contribution >= 0.6 is 11.3 Å². The van der Waals surface area contributed by atoms with Crippen molar-refractivity contribution in [2.45, 2.75) is 51.9 Å². The molecule has 0 unspecified atom stereocenters. The molecule has 0 fully saturated rings. The average molecular weight is 282 g/mol. The fraction of sp³-hybridized carbons (Fsp3) is 0.667. The van der Waals surface area contributed by atoms with Gasteiger partial charge in [0.2, 0.25) is 4.96 Å². The molecule has 2 aromatic rings. The van der Waals surface area contributed by atoms with Gasteiger partial charge in [0.15, 0.2) is 5.82 Å². The summed E-state index contributed by atoms with van der Waals surface area (Å²) in [6.45, 7) is 6.24. The summed E-state index contributed by atoms with van der Waals surface area (Å²) in [4.78, 5) is 11.2. The van der Waals surface area contributed by atoms with Gasteiger partial charge in [-0.1, -0.05) is 32.1 Å². The van der Waals surface area contributed by atoms with Crippen LogP contribution in [0.2, 0.25) is 0 Å². The minimum atomic E-state index is -0.742. The topological polar surface area (TPSA) is 80.4 Å². The normalized spacial score (nSPS) is 12.2. The lowest BCUT2D eigenvalue weighted by Gasteiger charge is -2.13. The number of hydrogen-bond donors (Lipinski definition) is 1. The average Bonchev–Trinajstić information content (AvgIpc) is 2.81. The number of hydrogen-bond acceptors (Lipinski definition) is 5. The number of rotatable bonds is 5. The standard InChI is InChI=1S/C12H18N4O2S/c1-12(2,3)10-13-14-11-16(10)15-8(19-11)6-4-5-7-9(17)18/h4-7H2,1-3H3,(H,17,18). The Labute approximate surface area is 115 Å². The Morgan fingerprint density at radius 3 is 2.68 bits per heavy atom. The van der Waals surface area contributed by atoms with Crippen LogP contribution in [-0.2, 0) is 16.6 Å². The van der Waals surface area contributed by atoms with Gasteiger partial charge < -0.3 is 5.11 Å². The summed E-state index contributed by atoms with van der Waals surface area (Å²) in [7, 11) is 0. The fourth-order valence-electron chi connectivity index (χ4n) is 1.78. The van der Waals surface area contributed by atoms with Crippen molar-refractivity contribution < 1.29 is 9.90 Å². The van der Waals surface area contributed by atoms with Crippen LogP contribution < -0.4 is 0 Å². The van der Waals surface area contributed by atoms with Crippen molar-refractivity contribution in [2.75, 3.05) is 0 Å². The second-order valence-corrected chi connectivity index (χ2v) is 6.61. The number of aryl methyl sites for hydroxylation is 1. The first-order valence-corrected chi connectivity index (χ1v) is 7.13. The van der Waals surface area contributed by atoms with E-state index >= 15 is 0 Å². The van der Waals surface area contributed by atoms with Crippen LogP contribution in [0.1, 0.15) is 50.9 Å². The van der Waals surface area contributed by atoms with Gasteiger partial charge in [0, 0.05) is 18.3 Å². The second-order valence-electron chi connectivity index (χ2n) is 5.56. The Bertz CT molecular complexity index is 582. The molecule has 2 aromatic heterocycles. The molecule has 0 atom stereocenters. The Kier molecular flexibility index (Phi) is 3.84. The maximum atomic E-state index is 10.4. The molecule has 1 N–H and O–H groups in total. The van der Waals surface area contributed by atoms with Crippen LogP contribution in [0.25, 0.3) is 4.96 Å². The van der Waals surface area contributed by atoms with Crippen molar-refractivity contribution in [2.24, 2.45) is 0 Å². The zero-order valence-electron chi connectivity index (χ0n) is 11.4. The van der Waals surface area contributed by atoms with Crippen molar-refractivity contribution >= 4 is 22.3 Å². The van der Waals surface area contributed by atoms with E-state index in [-0.39, 0.29) is 11.8 Å². The predicted molar refractivity (Wildman–Crippen MR) is 72.5 cm³/mol. The van der Waals surface area contributed by atoms with E-state index in [2.05, 4.69) is 36.1 Å². The van der Waals surface area contributed by atoms with E-state index in [4.69, 9.17) is 5.11 Å². The maximum Gasteiger partial charge on any atom is 0.303 e. The lowest BCUT2D eigenvalue weighted by atomic mass is 9.96. The Morgan fingerprint density at radius 1 is 1.32 bits per heavy atom. The fourth-order valence-corrected chi connectivity index (χ4v) is 2.65. The molecule has 0 saturated heterocycles. The van der Waals surface area contributed by atoms with Crippen molar-refractivity contribution in [3.8, 4) is 0 Å². The second kappa shape index (κ2) is 5.24. The van der Waals surface area contributed by atoms with E-state index < -0.39 is 5.97 Å². The molecule has 2 rings (SSSR count). The van der Waals surface area contributed by atoms with Gasteiger partial charge >= 0.3 is 5.97 Å². The largest absolute Gasteiger partial charge is 0.481 e. The number of fused-ring (bicyclic) bond motifs is 1. The summed E-state index contributed by atoms with van der Waals surface area (Å²) < 4.78 is 1.80. The van der Waals surface area contributed by atoms with Gasteiger partial charge in [-0.05, 0) is 12.8 Å². The van der Waals surface area contributed by atoms with Crippen LogP contribution in [0.4, 0.5) is 0 Å². The van der Waals surface area contributed by atoms with Crippen LogP contribution in [0.3, 0.4) is 0 Å². The van der Waals surface area contributed by atoms with E-state index in [1.807, 2.05) is 0 Å². The van der Waals surface area contributed by atoms with Gasteiger partial charge in [0.25, 0.3) is 0 Å². The molecule has 0 amide bonds. The third kappa shape index (κ3) is 3.28. The van der Waals surface area contributed by atoms with Crippen LogP contribution in [0.15, 0.2) is 0 Å². The van der Waals surface area contributed by atoms with Crippen molar-refractivity contribution in [1.29, 1.82) is 0 Å². The number of nitrogens with zero attached hydrogens (tertiary/aromatic N) is 4. The van der Waals surface area contributed by atoms with E-state index in [0.717, 1.165) is 28.6 Å². The van der Waals surface area contributed by atoms with Gasteiger partial charge in [0.1, 0.15) is 5.01 Å². The molecule has 19 heavy (non-hydrogen) atoms. The number of aromatic nitrogens is 4. The van der Waals surface area contributed by atoms with E-state index in [0.29, 0.717) is 6.42 Å². The van der Waals surface area contributed by atoms with Gasteiger partial charge in [-0.3, -0.25) is 4.79 Å². The summed E-state index contributed by atoms with van der Waals surface area (Å²) in [5.74, 6) is 0.115. The molecule has 6 nitrogen and oxygen atoms in total. The van der Waals surface area contributed by atoms with Gasteiger partial charge in [-0.2, -0.15) is 9.61 Å². The maximum absolute atomic E-state index is 10.4. The highest BCUT2D eigenvalue weighted by Gasteiger charge is 2.23. The molecule has 0 aliphatic carbocycles. The summed E-state index contributed by atoms with van der Waals surface area (Å²) >= 11 is 1.52. The Balaban J connectivity index is 2.06. The molecule has 2 heterocycles. The molecule has 0 aromatic carbocycles. The first-order chi connectivity index (χ1) is 8.88. The zero-order chi connectivity index (χ0) is 14.0. The number of carboxylic acid groups (broad SMARTS) is 1. The van der Waals surface area contributed by atoms with Crippen molar-refractivity contribution in [3.05, 3.63) is 10.8 Å². The number of unbranched alkanes of at least 4 members (excludes halogenated alkanes) is 1. The predicted octanol–water partition coefficient (Wildman–Crippen LogP) is 2.28. The molecular formula is C12H18N4O2S. The SMILES string of the molecule is CC(C)(C)c1nnc2sc(CCCCC(=O)O)nn12. The molecule has 0 radical (unpaired) electrons. The van der Waals surface area contributed by atoms with Crippen LogP contribution in [0, 0.1) is 0 Å². The number of carboxylic acids is 1. The lowest BCUT2D eigenvalue weighted by Crippen LogP contribution is -2.16. The molecule has 7 heteroatoms. The highest BCUT2D eigenvalue weighted by molar-refractivity contribution is 7.16. The first kappa shape index (κ1) is 13.9. The smallest absolute Gasteiger partial charge is 0.303 e. The number of carbonyl (C=O) groups is 1. The minimum Gasteiger partial charge on any atom is -0.481 e.